The van der Waals surface area contributed by atoms with E-state index in [9.17, 15) is 4.79 Å². The zero-order valence-electron chi connectivity index (χ0n) is 8.36. The van der Waals surface area contributed by atoms with E-state index in [0.717, 1.165) is 26.2 Å². The van der Waals surface area contributed by atoms with Gasteiger partial charge in [-0.05, 0) is 7.05 Å². The fourth-order valence-electron chi connectivity index (χ4n) is 1.42. The summed E-state index contributed by atoms with van der Waals surface area (Å²) in [6, 6.07) is 0. The van der Waals surface area contributed by atoms with Gasteiger partial charge in [0, 0.05) is 37.8 Å². The number of carbonyl (C=O) groups excluding carboxylic acids is 1. The van der Waals surface area contributed by atoms with Gasteiger partial charge in [-0.15, -0.1) is 0 Å². The Kier molecular flexibility index (Phi) is 4.06. The second-order valence-electron chi connectivity index (χ2n) is 3.71. The fraction of sp³-hybridized carbons (Fsp3) is 0.889. The molecule has 0 aromatic heterocycles. The van der Waals surface area contributed by atoms with Gasteiger partial charge in [0.1, 0.15) is 0 Å². The first-order chi connectivity index (χ1) is 6.15. The highest BCUT2D eigenvalue weighted by atomic mass is 32.1. The molecule has 1 rings (SSSR count). The molecule has 0 N–H and O–H groups in total. The molecule has 0 aliphatic carbocycles. The highest BCUT2D eigenvalue weighted by Crippen LogP contribution is 2.07. The average molecular weight is 202 g/mol. The Morgan fingerprint density at radius 2 is 1.92 bits per heavy atom. The van der Waals surface area contributed by atoms with E-state index in [1.54, 1.807) is 0 Å². The van der Waals surface area contributed by atoms with Crippen LogP contribution in [0.15, 0.2) is 0 Å². The van der Waals surface area contributed by atoms with Gasteiger partial charge < -0.3 is 9.80 Å². The normalized spacial score (nSPS) is 21.6. The summed E-state index contributed by atoms with van der Waals surface area (Å²) in [6.07, 6.45) is 0. The molecule has 1 atom stereocenters. The quantitative estimate of drug-likeness (QED) is 0.652. The van der Waals surface area contributed by atoms with Crippen molar-refractivity contribution in [2.45, 2.75) is 6.92 Å². The maximum Gasteiger partial charge on any atom is 0.226 e. The summed E-state index contributed by atoms with van der Waals surface area (Å²) >= 11 is 4.13. The van der Waals surface area contributed by atoms with Crippen molar-refractivity contribution in [3.63, 3.8) is 0 Å². The van der Waals surface area contributed by atoms with E-state index in [-0.39, 0.29) is 11.8 Å². The van der Waals surface area contributed by atoms with Crippen molar-refractivity contribution in [3.05, 3.63) is 0 Å². The first-order valence-corrected chi connectivity index (χ1v) is 5.36. The summed E-state index contributed by atoms with van der Waals surface area (Å²) in [5.41, 5.74) is 0. The van der Waals surface area contributed by atoms with Gasteiger partial charge in [0.15, 0.2) is 0 Å². The molecule has 1 aliphatic rings. The third-order valence-electron chi connectivity index (χ3n) is 2.51. The Morgan fingerprint density at radius 3 is 2.38 bits per heavy atom. The van der Waals surface area contributed by atoms with Crippen LogP contribution in [0.5, 0.6) is 0 Å². The van der Waals surface area contributed by atoms with Crippen LogP contribution in [-0.2, 0) is 4.79 Å². The van der Waals surface area contributed by atoms with Crippen LogP contribution in [-0.4, -0.2) is 54.7 Å². The highest BCUT2D eigenvalue weighted by molar-refractivity contribution is 7.80. The lowest BCUT2D eigenvalue weighted by Gasteiger charge is -2.33. The number of piperazine rings is 1. The van der Waals surface area contributed by atoms with Crippen LogP contribution >= 0.6 is 12.6 Å². The number of rotatable bonds is 2. The summed E-state index contributed by atoms with van der Waals surface area (Å²) in [5, 5.41) is 0. The Balaban J connectivity index is 2.40. The van der Waals surface area contributed by atoms with Crippen LogP contribution < -0.4 is 0 Å². The maximum atomic E-state index is 11.7. The molecule has 1 amide bonds. The number of nitrogens with zero attached hydrogens (tertiary/aromatic N) is 2. The van der Waals surface area contributed by atoms with Crippen molar-refractivity contribution >= 4 is 18.5 Å². The number of hydrogen-bond donors (Lipinski definition) is 1. The number of thiol groups is 1. The zero-order chi connectivity index (χ0) is 9.84. The molecule has 1 fully saturated rings. The summed E-state index contributed by atoms with van der Waals surface area (Å²) in [5.74, 6) is 0.959. The van der Waals surface area contributed by atoms with Crippen LogP contribution in [0.25, 0.3) is 0 Å². The lowest BCUT2D eigenvalue weighted by atomic mass is 10.1. The molecule has 0 aromatic rings. The van der Waals surface area contributed by atoms with Crippen molar-refractivity contribution in [1.29, 1.82) is 0 Å². The SMILES string of the molecule is C[C@H](CS)C(=O)N1CCN(C)CC1. The minimum atomic E-state index is 0.0618. The molecular formula is C9H18N2OS. The molecule has 0 spiro atoms. The monoisotopic (exact) mass is 202 g/mol. The molecule has 0 bridgehead atoms. The molecule has 0 aromatic carbocycles. The van der Waals surface area contributed by atoms with Crippen LogP contribution in [0.1, 0.15) is 6.92 Å². The summed E-state index contributed by atoms with van der Waals surface area (Å²) in [7, 11) is 2.09. The molecule has 3 nitrogen and oxygen atoms in total. The van der Waals surface area contributed by atoms with Gasteiger partial charge in [0.2, 0.25) is 5.91 Å². The molecule has 13 heavy (non-hydrogen) atoms. The van der Waals surface area contributed by atoms with Crippen molar-refractivity contribution in [1.82, 2.24) is 9.80 Å². The van der Waals surface area contributed by atoms with Gasteiger partial charge in [-0.2, -0.15) is 12.6 Å². The molecule has 0 unspecified atom stereocenters. The van der Waals surface area contributed by atoms with Crippen molar-refractivity contribution in [2.75, 3.05) is 39.0 Å². The Labute approximate surface area is 85.5 Å². The Hall–Kier alpha value is -0.220. The standard InChI is InChI=1S/C9H18N2OS/c1-8(7-13)9(12)11-5-3-10(2)4-6-11/h8,13H,3-7H2,1-2H3/t8-/m1/s1. The largest absolute Gasteiger partial charge is 0.340 e. The first-order valence-electron chi connectivity index (χ1n) is 4.73. The van der Waals surface area contributed by atoms with E-state index in [4.69, 9.17) is 0 Å². The molecule has 1 heterocycles. The average Bonchev–Trinajstić information content (AvgIpc) is 2.17. The second-order valence-corrected chi connectivity index (χ2v) is 4.08. The topological polar surface area (TPSA) is 23.6 Å². The van der Waals surface area contributed by atoms with E-state index in [1.165, 1.54) is 0 Å². The summed E-state index contributed by atoms with van der Waals surface area (Å²) in [4.78, 5) is 15.9. The lowest BCUT2D eigenvalue weighted by molar-refractivity contribution is -0.135. The van der Waals surface area contributed by atoms with Gasteiger partial charge in [0.25, 0.3) is 0 Å². The molecule has 0 saturated carbocycles. The fourth-order valence-corrected chi connectivity index (χ4v) is 1.57. The molecule has 76 valence electrons. The van der Waals surface area contributed by atoms with Gasteiger partial charge in [-0.3, -0.25) is 4.79 Å². The number of amides is 1. The molecule has 0 radical (unpaired) electrons. The summed E-state index contributed by atoms with van der Waals surface area (Å²) < 4.78 is 0. The number of carbonyl (C=O) groups is 1. The molecule has 1 aliphatic heterocycles. The minimum Gasteiger partial charge on any atom is -0.340 e. The van der Waals surface area contributed by atoms with Crippen molar-refractivity contribution in [3.8, 4) is 0 Å². The lowest BCUT2D eigenvalue weighted by Crippen LogP contribution is -2.48. The predicted molar refractivity (Wildman–Crippen MR) is 57.1 cm³/mol. The third-order valence-corrected chi connectivity index (χ3v) is 3.06. The molecular weight excluding hydrogens is 184 g/mol. The van der Waals surface area contributed by atoms with Crippen LogP contribution in [0, 0.1) is 5.92 Å². The molecule has 4 heteroatoms. The van der Waals surface area contributed by atoms with Gasteiger partial charge >= 0.3 is 0 Å². The highest BCUT2D eigenvalue weighted by Gasteiger charge is 2.22. The van der Waals surface area contributed by atoms with Gasteiger partial charge in [-0.1, -0.05) is 6.92 Å². The minimum absolute atomic E-state index is 0.0618. The first kappa shape index (κ1) is 10.9. The van der Waals surface area contributed by atoms with E-state index in [2.05, 4.69) is 24.6 Å². The third kappa shape index (κ3) is 2.88. The van der Waals surface area contributed by atoms with Gasteiger partial charge in [-0.25, -0.2) is 0 Å². The van der Waals surface area contributed by atoms with E-state index < -0.39 is 0 Å². The summed E-state index contributed by atoms with van der Waals surface area (Å²) in [6.45, 7) is 5.66. The molecule has 1 saturated heterocycles. The second kappa shape index (κ2) is 4.86. The van der Waals surface area contributed by atoms with Crippen LogP contribution in [0.3, 0.4) is 0 Å². The van der Waals surface area contributed by atoms with E-state index >= 15 is 0 Å². The van der Waals surface area contributed by atoms with Gasteiger partial charge in [0.05, 0.1) is 0 Å². The maximum absolute atomic E-state index is 11.7. The van der Waals surface area contributed by atoms with Crippen molar-refractivity contribution < 1.29 is 4.79 Å². The smallest absolute Gasteiger partial charge is 0.226 e. The van der Waals surface area contributed by atoms with Crippen LogP contribution in [0.4, 0.5) is 0 Å². The predicted octanol–water partition coefficient (Wildman–Crippen LogP) is 0.326. The van der Waals surface area contributed by atoms with Crippen molar-refractivity contribution in [2.24, 2.45) is 5.92 Å². The Morgan fingerprint density at radius 1 is 1.38 bits per heavy atom. The zero-order valence-corrected chi connectivity index (χ0v) is 9.26. The number of hydrogen-bond acceptors (Lipinski definition) is 3. The number of likely N-dealkylation sites (N-methyl/N-ethyl adjacent to an activating group) is 1. The van der Waals surface area contributed by atoms with E-state index in [1.807, 2.05) is 11.8 Å². The van der Waals surface area contributed by atoms with E-state index in [0.29, 0.717) is 5.75 Å². The van der Waals surface area contributed by atoms with Crippen LogP contribution in [0.2, 0.25) is 0 Å². The Bertz CT molecular complexity index is 178.